The quantitative estimate of drug-likeness (QED) is 0.825. The van der Waals surface area contributed by atoms with E-state index in [0.717, 1.165) is 17.7 Å². The molecule has 98 valence electrons. The number of carbonyl (C=O) groups excluding carboxylic acids is 1. The van der Waals surface area contributed by atoms with Crippen molar-refractivity contribution in [1.29, 1.82) is 0 Å². The number of hydrogen-bond acceptors (Lipinski definition) is 2. The molecule has 0 aliphatic rings. The zero-order valence-electron chi connectivity index (χ0n) is 11.1. The minimum absolute atomic E-state index is 0.185. The van der Waals surface area contributed by atoms with Crippen molar-refractivity contribution in [1.82, 2.24) is 10.2 Å². The van der Waals surface area contributed by atoms with Crippen LogP contribution in [-0.4, -0.2) is 16.1 Å². The fourth-order valence-electron chi connectivity index (χ4n) is 1.72. The summed E-state index contributed by atoms with van der Waals surface area (Å²) in [6, 6.07) is 9.80. The van der Waals surface area contributed by atoms with Gasteiger partial charge in [0.05, 0.1) is 0 Å². The second kappa shape index (κ2) is 6.00. The smallest absolute Gasteiger partial charge is 0.249 e. The third kappa shape index (κ3) is 3.81. The van der Waals surface area contributed by atoms with Crippen LogP contribution in [0.1, 0.15) is 23.7 Å². The number of nitrogens with zero attached hydrogens (tertiary/aromatic N) is 1. The normalized spacial score (nSPS) is 10.8. The molecule has 1 aromatic heterocycles. The molecule has 1 heterocycles. The van der Waals surface area contributed by atoms with Crippen LogP contribution in [0.15, 0.2) is 36.4 Å². The number of hydrogen-bond donors (Lipinski definition) is 2. The van der Waals surface area contributed by atoms with Gasteiger partial charge in [-0.15, -0.1) is 0 Å². The summed E-state index contributed by atoms with van der Waals surface area (Å²) >= 11 is 0. The summed E-state index contributed by atoms with van der Waals surface area (Å²) in [7, 11) is 0. The van der Waals surface area contributed by atoms with Crippen molar-refractivity contribution in [2.75, 3.05) is 5.32 Å². The van der Waals surface area contributed by atoms with E-state index in [-0.39, 0.29) is 5.91 Å². The molecule has 1 amide bonds. The van der Waals surface area contributed by atoms with Crippen LogP contribution in [0.2, 0.25) is 0 Å². The van der Waals surface area contributed by atoms with Crippen molar-refractivity contribution >= 4 is 17.8 Å². The molecule has 1 aromatic carbocycles. The van der Waals surface area contributed by atoms with E-state index in [1.54, 1.807) is 6.08 Å². The van der Waals surface area contributed by atoms with Crippen LogP contribution in [0.25, 0.3) is 6.08 Å². The summed E-state index contributed by atoms with van der Waals surface area (Å²) in [5.74, 6) is 0.367. The van der Waals surface area contributed by atoms with Crippen LogP contribution < -0.4 is 5.32 Å². The van der Waals surface area contributed by atoms with Gasteiger partial charge in [-0.05, 0) is 25.0 Å². The Bertz CT molecular complexity index is 599. The second-order valence-electron chi connectivity index (χ2n) is 4.37. The summed E-state index contributed by atoms with van der Waals surface area (Å²) in [5.41, 5.74) is 3.17. The largest absolute Gasteiger partial charge is 0.306 e. The number of H-pyrrole nitrogens is 1. The molecule has 0 bridgehead atoms. The van der Waals surface area contributed by atoms with Crippen LogP contribution in [0, 0.1) is 6.92 Å². The van der Waals surface area contributed by atoms with Gasteiger partial charge in [-0.3, -0.25) is 9.89 Å². The molecule has 0 saturated carbocycles. The molecule has 4 nitrogen and oxygen atoms in total. The Hall–Kier alpha value is -2.36. The number of anilines is 1. The Morgan fingerprint density at radius 1 is 1.42 bits per heavy atom. The molecule has 0 atom stereocenters. The van der Waals surface area contributed by atoms with Crippen molar-refractivity contribution in [2.45, 2.75) is 20.3 Å². The van der Waals surface area contributed by atoms with Crippen LogP contribution >= 0.6 is 0 Å². The number of nitrogens with one attached hydrogen (secondary N) is 2. The lowest BCUT2D eigenvalue weighted by molar-refractivity contribution is -0.111. The van der Waals surface area contributed by atoms with E-state index in [9.17, 15) is 4.79 Å². The summed E-state index contributed by atoms with van der Waals surface area (Å²) in [5, 5.41) is 9.57. The number of carbonyl (C=O) groups is 1. The Labute approximate surface area is 112 Å². The third-order valence-electron chi connectivity index (χ3n) is 2.73. The molecule has 2 aromatic rings. The fourth-order valence-corrected chi connectivity index (χ4v) is 1.72. The van der Waals surface area contributed by atoms with Gasteiger partial charge in [-0.1, -0.05) is 36.8 Å². The highest BCUT2D eigenvalue weighted by molar-refractivity contribution is 6.01. The van der Waals surface area contributed by atoms with Gasteiger partial charge in [0.25, 0.3) is 0 Å². The molecule has 0 saturated heterocycles. The Kier molecular flexibility index (Phi) is 4.13. The second-order valence-corrected chi connectivity index (χ2v) is 4.37. The number of amides is 1. The van der Waals surface area contributed by atoms with E-state index in [1.807, 2.05) is 44.2 Å². The van der Waals surface area contributed by atoms with Crippen LogP contribution in [-0.2, 0) is 11.2 Å². The molecule has 0 fully saturated rings. The summed E-state index contributed by atoms with van der Waals surface area (Å²) < 4.78 is 0. The minimum atomic E-state index is -0.185. The highest BCUT2D eigenvalue weighted by Gasteiger charge is 2.02. The number of aromatic nitrogens is 2. The van der Waals surface area contributed by atoms with Crippen molar-refractivity contribution < 1.29 is 4.79 Å². The number of benzene rings is 1. The van der Waals surface area contributed by atoms with Crippen molar-refractivity contribution in [3.8, 4) is 0 Å². The maximum atomic E-state index is 11.7. The summed E-state index contributed by atoms with van der Waals surface area (Å²) in [6.07, 6.45) is 4.16. The van der Waals surface area contributed by atoms with E-state index in [2.05, 4.69) is 15.5 Å². The van der Waals surface area contributed by atoms with Gasteiger partial charge < -0.3 is 5.32 Å². The first-order valence-electron chi connectivity index (χ1n) is 6.27. The third-order valence-corrected chi connectivity index (χ3v) is 2.73. The van der Waals surface area contributed by atoms with Crippen LogP contribution in [0.4, 0.5) is 5.82 Å². The lowest BCUT2D eigenvalue weighted by Gasteiger charge is -1.97. The molecule has 0 radical (unpaired) electrons. The van der Waals surface area contributed by atoms with Gasteiger partial charge >= 0.3 is 0 Å². The topological polar surface area (TPSA) is 57.8 Å². The van der Waals surface area contributed by atoms with Gasteiger partial charge in [-0.25, -0.2) is 0 Å². The zero-order valence-corrected chi connectivity index (χ0v) is 11.1. The Balaban J connectivity index is 1.97. The van der Waals surface area contributed by atoms with E-state index >= 15 is 0 Å². The van der Waals surface area contributed by atoms with E-state index in [4.69, 9.17) is 0 Å². The first kappa shape index (κ1) is 13.1. The fraction of sp³-hybridized carbons (Fsp3) is 0.200. The molecular formula is C15H17N3O. The SMILES string of the molecule is CCc1cc(NC(=O)/C=C/c2cccc(C)c2)n[nH]1. The van der Waals surface area contributed by atoms with Crippen LogP contribution in [0.5, 0.6) is 0 Å². The average Bonchev–Trinajstić information content (AvgIpc) is 2.84. The van der Waals surface area contributed by atoms with Gasteiger partial charge in [0.1, 0.15) is 0 Å². The molecular weight excluding hydrogens is 238 g/mol. The van der Waals surface area contributed by atoms with E-state index < -0.39 is 0 Å². The van der Waals surface area contributed by atoms with Crippen molar-refractivity contribution in [3.05, 3.63) is 53.2 Å². The first-order chi connectivity index (χ1) is 9.17. The molecule has 0 spiro atoms. The highest BCUT2D eigenvalue weighted by atomic mass is 16.1. The highest BCUT2D eigenvalue weighted by Crippen LogP contribution is 2.08. The predicted molar refractivity (Wildman–Crippen MR) is 76.8 cm³/mol. The Morgan fingerprint density at radius 3 is 2.95 bits per heavy atom. The first-order valence-corrected chi connectivity index (χ1v) is 6.27. The van der Waals surface area contributed by atoms with Crippen molar-refractivity contribution in [3.63, 3.8) is 0 Å². The maximum Gasteiger partial charge on any atom is 0.249 e. The average molecular weight is 255 g/mol. The molecule has 0 aliphatic carbocycles. The molecule has 2 N–H and O–H groups in total. The molecule has 0 aliphatic heterocycles. The molecule has 2 rings (SSSR count). The summed E-state index contributed by atoms with van der Waals surface area (Å²) in [6.45, 7) is 4.05. The number of aromatic amines is 1. The lowest BCUT2D eigenvalue weighted by Crippen LogP contribution is -2.07. The number of aryl methyl sites for hydroxylation is 2. The predicted octanol–water partition coefficient (Wildman–Crippen LogP) is 2.93. The maximum absolute atomic E-state index is 11.7. The van der Waals surface area contributed by atoms with Gasteiger partial charge in [0.2, 0.25) is 5.91 Å². The van der Waals surface area contributed by atoms with Gasteiger partial charge in [-0.2, -0.15) is 5.10 Å². The minimum Gasteiger partial charge on any atom is -0.306 e. The molecule has 4 heteroatoms. The summed E-state index contributed by atoms with van der Waals surface area (Å²) in [4.78, 5) is 11.7. The molecule has 0 unspecified atom stereocenters. The van der Waals surface area contributed by atoms with Gasteiger partial charge in [0, 0.05) is 17.8 Å². The lowest BCUT2D eigenvalue weighted by atomic mass is 10.1. The van der Waals surface area contributed by atoms with E-state index in [0.29, 0.717) is 5.82 Å². The molecule has 19 heavy (non-hydrogen) atoms. The monoisotopic (exact) mass is 255 g/mol. The van der Waals surface area contributed by atoms with Gasteiger partial charge in [0.15, 0.2) is 5.82 Å². The van der Waals surface area contributed by atoms with Crippen LogP contribution in [0.3, 0.4) is 0 Å². The zero-order chi connectivity index (χ0) is 13.7. The Morgan fingerprint density at radius 2 is 2.26 bits per heavy atom. The van der Waals surface area contributed by atoms with Crippen molar-refractivity contribution in [2.24, 2.45) is 0 Å². The standard InChI is InChI=1S/C15H17N3O/c1-3-13-10-14(18-17-13)16-15(19)8-7-12-6-4-5-11(2)9-12/h4-10H,3H2,1-2H3,(H2,16,17,18,19)/b8-7+. The van der Waals surface area contributed by atoms with E-state index in [1.165, 1.54) is 11.6 Å². The number of rotatable bonds is 4.